The molecule has 2 saturated heterocycles. The minimum Gasteiger partial charge on any atom is -0.370 e. The summed E-state index contributed by atoms with van der Waals surface area (Å²) in [7, 11) is -3.59. The van der Waals surface area contributed by atoms with Crippen molar-refractivity contribution in [2.24, 2.45) is 5.92 Å². The molecule has 2 aromatic rings. The van der Waals surface area contributed by atoms with Gasteiger partial charge >= 0.3 is 0 Å². The van der Waals surface area contributed by atoms with Crippen molar-refractivity contribution in [1.29, 1.82) is 0 Å². The van der Waals surface area contributed by atoms with E-state index in [2.05, 4.69) is 10.2 Å². The maximum absolute atomic E-state index is 13.9. The SMILES string of the molecule is O=C(Nc1cc(F)ccc1N1CCCCC1)C1CCCN(S(=O)(=O)c2cccs2)C1. The molecule has 0 radical (unpaired) electrons. The number of nitrogens with zero attached hydrogens (tertiary/aromatic N) is 2. The van der Waals surface area contributed by atoms with E-state index in [0.717, 1.165) is 31.6 Å². The van der Waals surface area contributed by atoms with E-state index in [9.17, 15) is 17.6 Å². The number of rotatable bonds is 5. The molecule has 0 aliphatic carbocycles. The minimum absolute atomic E-state index is 0.139. The average Bonchev–Trinajstić information content (AvgIpc) is 3.30. The second-order valence-corrected chi connectivity index (χ2v) is 10.9. The Morgan fingerprint density at radius 2 is 1.90 bits per heavy atom. The molecule has 1 unspecified atom stereocenters. The van der Waals surface area contributed by atoms with Gasteiger partial charge in [-0.05, 0) is 61.7 Å². The Morgan fingerprint density at radius 1 is 1.10 bits per heavy atom. The summed E-state index contributed by atoms with van der Waals surface area (Å²) >= 11 is 1.18. The highest BCUT2D eigenvalue weighted by Crippen LogP contribution is 2.31. The number of hydrogen-bond donors (Lipinski definition) is 1. The number of halogens is 1. The van der Waals surface area contributed by atoms with Gasteiger partial charge in [-0.25, -0.2) is 12.8 Å². The zero-order chi connectivity index (χ0) is 21.1. The lowest BCUT2D eigenvalue weighted by atomic mass is 9.98. The van der Waals surface area contributed by atoms with Gasteiger partial charge in [0.1, 0.15) is 10.0 Å². The third-order valence-electron chi connectivity index (χ3n) is 5.76. The number of nitrogens with one attached hydrogen (secondary N) is 1. The Kier molecular flexibility index (Phi) is 6.40. The van der Waals surface area contributed by atoms with E-state index in [1.165, 1.54) is 34.2 Å². The largest absolute Gasteiger partial charge is 0.370 e. The number of anilines is 2. The molecular weight excluding hydrogens is 425 g/mol. The summed E-state index contributed by atoms with van der Waals surface area (Å²) in [6.07, 6.45) is 4.54. The van der Waals surface area contributed by atoms with Gasteiger partial charge in [-0.15, -0.1) is 11.3 Å². The number of sulfonamides is 1. The van der Waals surface area contributed by atoms with Crippen LogP contribution in [-0.2, 0) is 14.8 Å². The van der Waals surface area contributed by atoms with Crippen molar-refractivity contribution in [3.05, 3.63) is 41.5 Å². The van der Waals surface area contributed by atoms with Crippen LogP contribution >= 0.6 is 11.3 Å². The van der Waals surface area contributed by atoms with E-state index >= 15 is 0 Å². The van der Waals surface area contributed by atoms with Gasteiger partial charge in [0.25, 0.3) is 10.0 Å². The first-order valence-corrected chi connectivity index (χ1v) is 12.7. The van der Waals surface area contributed by atoms with Crippen LogP contribution in [0.1, 0.15) is 32.1 Å². The van der Waals surface area contributed by atoms with Crippen molar-refractivity contribution in [2.45, 2.75) is 36.3 Å². The van der Waals surface area contributed by atoms with Crippen molar-refractivity contribution in [1.82, 2.24) is 4.31 Å². The third kappa shape index (κ3) is 4.53. The summed E-state index contributed by atoms with van der Waals surface area (Å²) in [4.78, 5) is 15.2. The van der Waals surface area contributed by atoms with Crippen LogP contribution in [0.2, 0.25) is 0 Å². The normalized spacial score (nSPS) is 20.8. The van der Waals surface area contributed by atoms with Gasteiger partial charge in [-0.1, -0.05) is 6.07 Å². The van der Waals surface area contributed by atoms with Crippen LogP contribution in [0.25, 0.3) is 0 Å². The van der Waals surface area contributed by atoms with Crippen LogP contribution < -0.4 is 10.2 Å². The van der Waals surface area contributed by atoms with Gasteiger partial charge in [0.15, 0.2) is 0 Å². The molecule has 3 heterocycles. The predicted octanol–water partition coefficient (Wildman–Crippen LogP) is 3.92. The van der Waals surface area contributed by atoms with Crippen LogP contribution in [0, 0.1) is 11.7 Å². The fraction of sp³-hybridized carbons (Fsp3) is 0.476. The molecule has 2 aliphatic rings. The van der Waals surface area contributed by atoms with Crippen LogP contribution in [-0.4, -0.2) is 44.8 Å². The van der Waals surface area contributed by atoms with Crippen LogP contribution in [0.15, 0.2) is 39.9 Å². The van der Waals surface area contributed by atoms with E-state index in [1.807, 2.05) is 0 Å². The highest BCUT2D eigenvalue weighted by molar-refractivity contribution is 7.91. The van der Waals surface area contributed by atoms with Crippen molar-refractivity contribution in [2.75, 3.05) is 36.4 Å². The van der Waals surface area contributed by atoms with Crippen LogP contribution in [0.3, 0.4) is 0 Å². The average molecular weight is 452 g/mol. The summed E-state index contributed by atoms with van der Waals surface area (Å²) in [5.41, 5.74) is 1.28. The Balaban J connectivity index is 1.49. The van der Waals surface area contributed by atoms with Gasteiger partial charge in [0.05, 0.1) is 17.3 Å². The van der Waals surface area contributed by atoms with E-state index < -0.39 is 21.8 Å². The lowest BCUT2D eigenvalue weighted by Crippen LogP contribution is -2.43. The van der Waals surface area contributed by atoms with Crippen molar-refractivity contribution in [3.8, 4) is 0 Å². The summed E-state index contributed by atoms with van der Waals surface area (Å²) in [6, 6.07) is 7.77. The van der Waals surface area contributed by atoms with Gasteiger partial charge in [0.2, 0.25) is 5.91 Å². The highest BCUT2D eigenvalue weighted by atomic mass is 32.2. The molecule has 9 heteroatoms. The lowest BCUT2D eigenvalue weighted by molar-refractivity contribution is -0.120. The minimum atomic E-state index is -3.59. The van der Waals surface area contributed by atoms with E-state index in [0.29, 0.717) is 29.3 Å². The maximum atomic E-state index is 13.9. The Hall–Kier alpha value is -1.97. The molecule has 0 spiro atoms. The number of carbonyl (C=O) groups is 1. The Morgan fingerprint density at radius 3 is 2.63 bits per heavy atom. The number of thiophene rings is 1. The van der Waals surface area contributed by atoms with E-state index in [1.54, 1.807) is 23.6 Å². The molecule has 1 N–H and O–H groups in total. The number of piperidine rings is 2. The Bertz CT molecular complexity index is 989. The molecule has 1 amide bonds. The second-order valence-electron chi connectivity index (χ2n) is 7.83. The highest BCUT2D eigenvalue weighted by Gasteiger charge is 2.34. The first kappa shape index (κ1) is 21.3. The second kappa shape index (κ2) is 9.03. The summed E-state index contributed by atoms with van der Waals surface area (Å²) in [5, 5.41) is 4.61. The Labute approximate surface area is 180 Å². The van der Waals surface area contributed by atoms with Crippen molar-refractivity contribution >= 4 is 38.6 Å². The van der Waals surface area contributed by atoms with Gasteiger partial charge in [0, 0.05) is 26.2 Å². The fourth-order valence-electron chi connectivity index (χ4n) is 4.17. The molecule has 2 fully saturated rings. The van der Waals surface area contributed by atoms with E-state index in [-0.39, 0.29) is 12.5 Å². The van der Waals surface area contributed by atoms with Crippen molar-refractivity contribution in [3.63, 3.8) is 0 Å². The topological polar surface area (TPSA) is 69.7 Å². The third-order valence-corrected chi connectivity index (χ3v) is 9.00. The number of carbonyl (C=O) groups excluding carboxylic acids is 1. The molecule has 1 aromatic carbocycles. The monoisotopic (exact) mass is 451 g/mol. The molecule has 4 rings (SSSR count). The lowest BCUT2D eigenvalue weighted by Gasteiger charge is -2.32. The van der Waals surface area contributed by atoms with Gasteiger partial charge in [-0.3, -0.25) is 4.79 Å². The fourth-order valence-corrected chi connectivity index (χ4v) is 6.83. The molecule has 0 bridgehead atoms. The predicted molar refractivity (Wildman–Crippen MR) is 117 cm³/mol. The summed E-state index contributed by atoms with van der Waals surface area (Å²) < 4.78 is 41.3. The number of benzene rings is 1. The van der Waals surface area contributed by atoms with Crippen LogP contribution in [0.4, 0.5) is 15.8 Å². The van der Waals surface area contributed by atoms with Gasteiger partial charge < -0.3 is 10.2 Å². The molecular formula is C21H26FN3O3S2. The molecule has 2 aliphatic heterocycles. The summed E-state index contributed by atoms with van der Waals surface area (Å²) in [5.74, 6) is -1.13. The van der Waals surface area contributed by atoms with E-state index in [4.69, 9.17) is 0 Å². The van der Waals surface area contributed by atoms with Crippen molar-refractivity contribution < 1.29 is 17.6 Å². The number of amides is 1. The first-order chi connectivity index (χ1) is 14.4. The maximum Gasteiger partial charge on any atom is 0.252 e. The zero-order valence-corrected chi connectivity index (χ0v) is 18.4. The molecule has 162 valence electrons. The van der Waals surface area contributed by atoms with Crippen LogP contribution in [0.5, 0.6) is 0 Å². The van der Waals surface area contributed by atoms with Gasteiger partial charge in [-0.2, -0.15) is 4.31 Å². The first-order valence-electron chi connectivity index (χ1n) is 10.3. The smallest absolute Gasteiger partial charge is 0.252 e. The standard InChI is InChI=1S/C21H26FN3O3S2/c22-17-8-9-19(24-10-2-1-3-11-24)18(14-17)23-21(26)16-6-4-12-25(15-16)30(27,28)20-7-5-13-29-20/h5,7-9,13-14,16H,1-4,6,10-12,15H2,(H,23,26). The molecule has 1 atom stereocenters. The molecule has 1 aromatic heterocycles. The summed E-state index contributed by atoms with van der Waals surface area (Å²) in [6.45, 7) is 2.30. The molecule has 0 saturated carbocycles. The number of hydrogen-bond acceptors (Lipinski definition) is 5. The molecule has 30 heavy (non-hydrogen) atoms. The molecule has 6 nitrogen and oxygen atoms in total. The zero-order valence-electron chi connectivity index (χ0n) is 16.7. The quantitative estimate of drug-likeness (QED) is 0.748.